The van der Waals surface area contributed by atoms with E-state index >= 15 is 0 Å². The summed E-state index contributed by atoms with van der Waals surface area (Å²) in [5.41, 5.74) is 0.687. The summed E-state index contributed by atoms with van der Waals surface area (Å²) in [6, 6.07) is 9.40. The highest BCUT2D eigenvalue weighted by Gasteiger charge is 2.27. The van der Waals surface area contributed by atoms with E-state index in [1.165, 1.54) is 6.33 Å². The molecule has 0 radical (unpaired) electrons. The van der Waals surface area contributed by atoms with Gasteiger partial charge in [0.15, 0.2) is 0 Å². The second-order valence-corrected chi connectivity index (χ2v) is 6.25. The standard InChI is InChI=1S/C18H19N5O3/c24-17(25)10-13-4-1-2-6-15(13)26-11-14-5-3-9-22(14)16-7-8-19-18-20-12-21-23(16)18/h1-2,4,6-8,12,14H,3,5,9-11H2,(H,24,25). The van der Waals surface area contributed by atoms with E-state index in [2.05, 4.69) is 20.0 Å². The maximum absolute atomic E-state index is 11.0. The number of nitrogens with zero attached hydrogens (tertiary/aromatic N) is 5. The van der Waals surface area contributed by atoms with Gasteiger partial charge in [0.05, 0.1) is 12.5 Å². The lowest BCUT2D eigenvalue weighted by Crippen LogP contribution is -2.35. The number of carboxylic acids is 1. The van der Waals surface area contributed by atoms with Gasteiger partial charge in [-0.2, -0.15) is 14.6 Å². The molecule has 0 saturated carbocycles. The predicted molar refractivity (Wildman–Crippen MR) is 94.4 cm³/mol. The lowest BCUT2D eigenvalue weighted by atomic mass is 10.1. The molecule has 1 unspecified atom stereocenters. The van der Waals surface area contributed by atoms with Crippen molar-refractivity contribution in [1.82, 2.24) is 19.6 Å². The molecule has 1 aliphatic rings. The smallest absolute Gasteiger partial charge is 0.307 e. The highest BCUT2D eigenvalue weighted by molar-refractivity contribution is 5.71. The van der Waals surface area contributed by atoms with Crippen LogP contribution in [0.25, 0.3) is 5.78 Å². The molecule has 134 valence electrons. The number of aromatic nitrogens is 4. The first-order valence-corrected chi connectivity index (χ1v) is 8.56. The Labute approximate surface area is 150 Å². The van der Waals surface area contributed by atoms with Gasteiger partial charge in [0, 0.05) is 18.3 Å². The normalized spacial score (nSPS) is 16.9. The Bertz CT molecular complexity index is 926. The summed E-state index contributed by atoms with van der Waals surface area (Å²) in [6.45, 7) is 1.39. The maximum Gasteiger partial charge on any atom is 0.307 e. The first kappa shape index (κ1) is 16.3. The average Bonchev–Trinajstić information content (AvgIpc) is 3.29. The summed E-state index contributed by atoms with van der Waals surface area (Å²) < 4.78 is 7.73. The van der Waals surface area contributed by atoms with Gasteiger partial charge in [-0.05, 0) is 25.0 Å². The number of carboxylic acid groups (broad SMARTS) is 1. The molecule has 3 heterocycles. The molecular weight excluding hydrogens is 334 g/mol. The molecule has 8 nitrogen and oxygen atoms in total. The molecule has 1 fully saturated rings. The minimum Gasteiger partial charge on any atom is -0.491 e. The Balaban J connectivity index is 1.52. The molecule has 3 aromatic rings. The molecule has 1 N–H and O–H groups in total. The molecule has 26 heavy (non-hydrogen) atoms. The summed E-state index contributed by atoms with van der Waals surface area (Å²) >= 11 is 0. The van der Waals surface area contributed by atoms with Crippen molar-refractivity contribution in [2.45, 2.75) is 25.3 Å². The van der Waals surface area contributed by atoms with Crippen molar-refractivity contribution >= 4 is 17.6 Å². The van der Waals surface area contributed by atoms with Crippen LogP contribution in [0, 0.1) is 0 Å². The molecule has 4 rings (SSSR count). The number of hydrogen-bond acceptors (Lipinski definition) is 6. The molecule has 0 bridgehead atoms. The van der Waals surface area contributed by atoms with Crippen molar-refractivity contribution in [1.29, 1.82) is 0 Å². The van der Waals surface area contributed by atoms with Crippen molar-refractivity contribution in [2.75, 3.05) is 18.1 Å². The van der Waals surface area contributed by atoms with Crippen LogP contribution in [-0.4, -0.2) is 49.9 Å². The minimum absolute atomic E-state index is 0.0471. The number of benzene rings is 1. The zero-order chi connectivity index (χ0) is 17.9. The van der Waals surface area contributed by atoms with Crippen LogP contribution < -0.4 is 9.64 Å². The third-order valence-corrected chi connectivity index (χ3v) is 4.58. The Morgan fingerprint density at radius 2 is 2.15 bits per heavy atom. The number of carbonyl (C=O) groups is 1. The highest BCUT2D eigenvalue weighted by atomic mass is 16.5. The second kappa shape index (κ2) is 6.99. The Morgan fingerprint density at radius 1 is 1.27 bits per heavy atom. The Morgan fingerprint density at radius 3 is 3.04 bits per heavy atom. The summed E-state index contributed by atoms with van der Waals surface area (Å²) in [6.07, 6.45) is 5.24. The summed E-state index contributed by atoms with van der Waals surface area (Å²) in [5, 5.41) is 13.3. The number of fused-ring (bicyclic) bond motifs is 1. The fourth-order valence-corrected chi connectivity index (χ4v) is 3.39. The van der Waals surface area contributed by atoms with Crippen LogP contribution in [0.4, 0.5) is 5.82 Å². The van der Waals surface area contributed by atoms with Crippen LogP contribution in [0.3, 0.4) is 0 Å². The molecule has 0 amide bonds. The molecule has 0 aliphatic carbocycles. The van der Waals surface area contributed by atoms with Crippen molar-refractivity contribution in [3.8, 4) is 5.75 Å². The SMILES string of the molecule is O=C(O)Cc1ccccc1OCC1CCCN1c1ccnc2ncnn12. The van der Waals surface area contributed by atoms with Crippen LogP contribution >= 0.6 is 0 Å². The van der Waals surface area contributed by atoms with Gasteiger partial charge in [0.1, 0.15) is 24.5 Å². The second-order valence-electron chi connectivity index (χ2n) is 6.25. The van der Waals surface area contributed by atoms with Gasteiger partial charge < -0.3 is 14.7 Å². The van der Waals surface area contributed by atoms with Crippen molar-refractivity contribution in [3.63, 3.8) is 0 Å². The first-order valence-electron chi connectivity index (χ1n) is 8.56. The fraction of sp³-hybridized carbons (Fsp3) is 0.333. The summed E-state index contributed by atoms with van der Waals surface area (Å²) in [4.78, 5) is 21.6. The number of para-hydroxylation sites is 1. The van der Waals surface area contributed by atoms with Gasteiger partial charge >= 0.3 is 5.97 Å². The molecule has 0 spiro atoms. The van der Waals surface area contributed by atoms with E-state index in [0.717, 1.165) is 25.2 Å². The zero-order valence-corrected chi connectivity index (χ0v) is 14.2. The third kappa shape index (κ3) is 3.17. The molecule has 1 aromatic carbocycles. The lowest BCUT2D eigenvalue weighted by molar-refractivity contribution is -0.136. The van der Waals surface area contributed by atoms with Gasteiger partial charge in [0.25, 0.3) is 5.78 Å². The van der Waals surface area contributed by atoms with Crippen LogP contribution in [0.5, 0.6) is 5.75 Å². The van der Waals surface area contributed by atoms with Gasteiger partial charge in [-0.25, -0.2) is 4.98 Å². The lowest BCUT2D eigenvalue weighted by Gasteiger charge is -2.27. The van der Waals surface area contributed by atoms with Crippen molar-refractivity contribution < 1.29 is 14.6 Å². The fourth-order valence-electron chi connectivity index (χ4n) is 3.39. The van der Waals surface area contributed by atoms with E-state index in [1.54, 1.807) is 16.8 Å². The van der Waals surface area contributed by atoms with Gasteiger partial charge in [-0.15, -0.1) is 0 Å². The molecule has 2 aromatic heterocycles. The van der Waals surface area contributed by atoms with Crippen LogP contribution in [-0.2, 0) is 11.2 Å². The van der Waals surface area contributed by atoms with Crippen LogP contribution in [0.1, 0.15) is 18.4 Å². The van der Waals surface area contributed by atoms with E-state index in [-0.39, 0.29) is 12.5 Å². The molecule has 8 heteroatoms. The first-order chi connectivity index (χ1) is 12.7. The average molecular weight is 353 g/mol. The summed E-state index contributed by atoms with van der Waals surface area (Å²) in [7, 11) is 0. The number of ether oxygens (including phenoxy) is 1. The van der Waals surface area contributed by atoms with Crippen molar-refractivity contribution in [3.05, 3.63) is 48.4 Å². The Hall–Kier alpha value is -3.16. The van der Waals surface area contributed by atoms with Crippen LogP contribution in [0.15, 0.2) is 42.9 Å². The van der Waals surface area contributed by atoms with E-state index < -0.39 is 5.97 Å². The maximum atomic E-state index is 11.0. The number of hydrogen-bond donors (Lipinski definition) is 1. The number of aliphatic carboxylic acids is 1. The molecule has 1 atom stereocenters. The van der Waals surface area contributed by atoms with Gasteiger partial charge in [0.2, 0.25) is 0 Å². The van der Waals surface area contributed by atoms with E-state index in [4.69, 9.17) is 9.84 Å². The van der Waals surface area contributed by atoms with Crippen LogP contribution in [0.2, 0.25) is 0 Å². The molecule has 1 aliphatic heterocycles. The molecule has 1 saturated heterocycles. The van der Waals surface area contributed by atoms with E-state index in [0.29, 0.717) is 23.7 Å². The van der Waals surface area contributed by atoms with Gasteiger partial charge in [-0.3, -0.25) is 4.79 Å². The molecular formula is C18H19N5O3. The number of rotatable bonds is 6. The minimum atomic E-state index is -0.867. The predicted octanol–water partition coefficient (Wildman–Crippen LogP) is 1.80. The third-order valence-electron chi connectivity index (χ3n) is 4.58. The zero-order valence-electron chi connectivity index (χ0n) is 14.2. The van der Waals surface area contributed by atoms with Gasteiger partial charge in [-0.1, -0.05) is 18.2 Å². The van der Waals surface area contributed by atoms with E-state index in [9.17, 15) is 4.79 Å². The van der Waals surface area contributed by atoms with E-state index in [1.807, 2.05) is 24.3 Å². The van der Waals surface area contributed by atoms with Crippen molar-refractivity contribution in [2.24, 2.45) is 0 Å². The topological polar surface area (TPSA) is 92.9 Å². The largest absolute Gasteiger partial charge is 0.491 e. The summed E-state index contributed by atoms with van der Waals surface area (Å²) in [5.74, 6) is 1.27. The quantitative estimate of drug-likeness (QED) is 0.722. The Kier molecular flexibility index (Phi) is 4.39. The highest BCUT2D eigenvalue weighted by Crippen LogP contribution is 2.26. The number of anilines is 1. The monoisotopic (exact) mass is 353 g/mol.